The largest absolute Gasteiger partial charge is 0.341 e. The summed E-state index contributed by atoms with van der Waals surface area (Å²) in [6.07, 6.45) is 2.86. The van der Waals surface area contributed by atoms with Gasteiger partial charge in [-0.2, -0.15) is 0 Å². The van der Waals surface area contributed by atoms with Crippen molar-refractivity contribution >= 4 is 28.5 Å². The lowest BCUT2D eigenvalue weighted by Crippen LogP contribution is -2.39. The monoisotopic (exact) mass is 381 g/mol. The van der Waals surface area contributed by atoms with Gasteiger partial charge in [-0.3, -0.25) is 4.79 Å². The molecule has 3 aromatic rings. The highest BCUT2D eigenvalue weighted by Crippen LogP contribution is 2.21. The Morgan fingerprint density at radius 2 is 1.81 bits per heavy atom. The summed E-state index contributed by atoms with van der Waals surface area (Å²) in [5.41, 5.74) is 3.08. The van der Waals surface area contributed by atoms with Gasteiger partial charge in [0.15, 0.2) is 0 Å². The fourth-order valence-electron chi connectivity index (χ4n) is 3.71. The van der Waals surface area contributed by atoms with E-state index in [2.05, 4.69) is 11.5 Å². The topological polar surface area (TPSA) is 38.1 Å². The number of hydrogen-bond donors (Lipinski definition) is 0. The fraction of sp³-hybridized carbons (Fsp3) is 0.364. The summed E-state index contributed by atoms with van der Waals surface area (Å²) in [5, 5.41) is 0.724. The van der Waals surface area contributed by atoms with Crippen LogP contribution in [0, 0.1) is 5.92 Å². The van der Waals surface area contributed by atoms with Crippen LogP contribution in [0.4, 0.5) is 0 Å². The third-order valence-electron chi connectivity index (χ3n) is 5.44. The van der Waals surface area contributed by atoms with Gasteiger partial charge < -0.3 is 9.47 Å². The molecule has 27 heavy (non-hydrogen) atoms. The minimum atomic E-state index is 0.183. The summed E-state index contributed by atoms with van der Waals surface area (Å²) in [6, 6.07) is 15.8. The predicted molar refractivity (Wildman–Crippen MR) is 109 cm³/mol. The summed E-state index contributed by atoms with van der Waals surface area (Å²) < 4.78 is 2.07. The quantitative estimate of drug-likeness (QED) is 0.665. The van der Waals surface area contributed by atoms with Crippen molar-refractivity contribution in [3.63, 3.8) is 0 Å². The van der Waals surface area contributed by atoms with Crippen molar-refractivity contribution < 1.29 is 4.79 Å². The third-order valence-corrected chi connectivity index (χ3v) is 5.69. The Hall–Kier alpha value is -2.33. The Balaban J connectivity index is 1.61. The van der Waals surface area contributed by atoms with Gasteiger partial charge in [-0.05, 0) is 48.6 Å². The van der Waals surface area contributed by atoms with Crippen LogP contribution in [0.5, 0.6) is 0 Å². The number of likely N-dealkylation sites (tertiary alicyclic amines) is 1. The molecule has 1 amide bonds. The van der Waals surface area contributed by atoms with Crippen LogP contribution in [-0.4, -0.2) is 33.4 Å². The van der Waals surface area contributed by atoms with E-state index in [1.807, 2.05) is 53.4 Å². The van der Waals surface area contributed by atoms with E-state index in [4.69, 9.17) is 16.6 Å². The molecule has 0 bridgehead atoms. The predicted octanol–water partition coefficient (Wildman–Crippen LogP) is 4.54. The number of para-hydroxylation sites is 2. The fourth-order valence-corrected chi connectivity index (χ4v) is 3.84. The first-order valence-electron chi connectivity index (χ1n) is 9.56. The lowest BCUT2D eigenvalue weighted by molar-refractivity contribution is -0.133. The number of piperidine rings is 1. The van der Waals surface area contributed by atoms with Gasteiger partial charge >= 0.3 is 0 Å². The summed E-state index contributed by atoms with van der Waals surface area (Å²) in [4.78, 5) is 19.7. The SMILES string of the molecule is CC1CCN(C(=O)Cn2c(Cc3ccc(Cl)cc3)nc3ccccc32)CC1. The van der Waals surface area contributed by atoms with Crippen LogP contribution in [0.3, 0.4) is 0 Å². The highest BCUT2D eigenvalue weighted by molar-refractivity contribution is 6.30. The molecule has 4 rings (SSSR count). The van der Waals surface area contributed by atoms with E-state index in [-0.39, 0.29) is 5.91 Å². The molecule has 0 saturated carbocycles. The smallest absolute Gasteiger partial charge is 0.242 e. The van der Waals surface area contributed by atoms with Crippen molar-refractivity contribution in [3.05, 3.63) is 64.9 Å². The van der Waals surface area contributed by atoms with E-state index in [0.29, 0.717) is 18.9 Å². The highest BCUT2D eigenvalue weighted by atomic mass is 35.5. The number of rotatable bonds is 4. The van der Waals surface area contributed by atoms with E-state index in [1.54, 1.807) is 0 Å². The Kier molecular flexibility index (Phi) is 5.17. The Morgan fingerprint density at radius 3 is 2.56 bits per heavy atom. The van der Waals surface area contributed by atoms with Gasteiger partial charge in [-0.25, -0.2) is 4.98 Å². The molecular weight excluding hydrogens is 358 g/mol. The molecule has 1 saturated heterocycles. The van der Waals surface area contributed by atoms with Crippen molar-refractivity contribution in [2.45, 2.75) is 32.7 Å². The molecule has 1 fully saturated rings. The molecule has 140 valence electrons. The number of amides is 1. The first-order valence-corrected chi connectivity index (χ1v) is 9.94. The maximum atomic E-state index is 12.9. The van der Waals surface area contributed by atoms with Crippen LogP contribution in [-0.2, 0) is 17.8 Å². The lowest BCUT2D eigenvalue weighted by Gasteiger charge is -2.30. The summed E-state index contributed by atoms with van der Waals surface area (Å²) in [7, 11) is 0. The molecule has 1 aliphatic heterocycles. The zero-order chi connectivity index (χ0) is 18.8. The standard InChI is InChI=1S/C22H24ClN3O/c1-16-10-12-25(13-11-16)22(27)15-26-20-5-3-2-4-19(20)24-21(26)14-17-6-8-18(23)9-7-17/h2-9,16H,10-15H2,1H3. The van der Waals surface area contributed by atoms with Crippen LogP contribution in [0.15, 0.2) is 48.5 Å². The van der Waals surface area contributed by atoms with Crippen LogP contribution in [0.2, 0.25) is 5.02 Å². The van der Waals surface area contributed by atoms with Crippen molar-refractivity contribution in [2.24, 2.45) is 5.92 Å². The first-order chi connectivity index (χ1) is 13.1. The molecule has 0 radical (unpaired) electrons. The van der Waals surface area contributed by atoms with Gasteiger partial charge in [-0.1, -0.05) is 42.8 Å². The summed E-state index contributed by atoms with van der Waals surface area (Å²) in [6.45, 7) is 4.32. The van der Waals surface area contributed by atoms with Gasteiger partial charge in [0, 0.05) is 24.5 Å². The molecule has 0 aliphatic carbocycles. The van der Waals surface area contributed by atoms with Crippen LogP contribution < -0.4 is 0 Å². The third kappa shape index (κ3) is 4.01. The van der Waals surface area contributed by atoms with Crippen LogP contribution >= 0.6 is 11.6 Å². The average molecular weight is 382 g/mol. The molecule has 0 unspecified atom stereocenters. The maximum absolute atomic E-state index is 12.9. The van der Waals surface area contributed by atoms with E-state index < -0.39 is 0 Å². The van der Waals surface area contributed by atoms with E-state index in [9.17, 15) is 4.79 Å². The summed E-state index contributed by atoms with van der Waals surface area (Å²) >= 11 is 6.00. The zero-order valence-corrected chi connectivity index (χ0v) is 16.3. The van der Waals surface area contributed by atoms with Gasteiger partial charge in [0.05, 0.1) is 11.0 Å². The van der Waals surface area contributed by atoms with Crippen molar-refractivity contribution in [2.75, 3.05) is 13.1 Å². The Labute approximate surface area is 164 Å². The van der Waals surface area contributed by atoms with E-state index >= 15 is 0 Å². The first kappa shape index (κ1) is 18.1. The molecule has 2 aromatic carbocycles. The number of halogens is 1. The van der Waals surface area contributed by atoms with Gasteiger partial charge in [-0.15, -0.1) is 0 Å². The van der Waals surface area contributed by atoms with Crippen molar-refractivity contribution in [3.8, 4) is 0 Å². The highest BCUT2D eigenvalue weighted by Gasteiger charge is 2.22. The molecule has 4 nitrogen and oxygen atoms in total. The molecule has 5 heteroatoms. The van der Waals surface area contributed by atoms with Crippen molar-refractivity contribution in [1.29, 1.82) is 0 Å². The maximum Gasteiger partial charge on any atom is 0.242 e. The molecule has 0 N–H and O–H groups in total. The minimum Gasteiger partial charge on any atom is -0.341 e. The number of aromatic nitrogens is 2. The Bertz CT molecular complexity index is 940. The number of nitrogens with zero attached hydrogens (tertiary/aromatic N) is 3. The second-order valence-electron chi connectivity index (χ2n) is 7.47. The second-order valence-corrected chi connectivity index (χ2v) is 7.91. The number of fused-ring (bicyclic) bond motifs is 1. The van der Waals surface area contributed by atoms with Crippen LogP contribution in [0.1, 0.15) is 31.2 Å². The van der Waals surface area contributed by atoms with E-state index in [1.165, 1.54) is 0 Å². The number of carbonyl (C=O) groups excluding carboxylic acids is 1. The molecule has 1 aliphatic rings. The number of imidazole rings is 1. The number of hydrogen-bond acceptors (Lipinski definition) is 2. The normalized spacial score (nSPS) is 15.4. The summed E-state index contributed by atoms with van der Waals surface area (Å²) in [5.74, 6) is 1.81. The second kappa shape index (κ2) is 7.73. The van der Waals surface area contributed by atoms with Crippen LogP contribution in [0.25, 0.3) is 11.0 Å². The number of carbonyl (C=O) groups is 1. The molecular formula is C22H24ClN3O. The number of benzene rings is 2. The van der Waals surface area contributed by atoms with Gasteiger partial charge in [0.25, 0.3) is 0 Å². The molecule has 0 spiro atoms. The van der Waals surface area contributed by atoms with E-state index in [0.717, 1.165) is 53.4 Å². The van der Waals surface area contributed by atoms with Gasteiger partial charge in [0.1, 0.15) is 12.4 Å². The lowest BCUT2D eigenvalue weighted by atomic mass is 9.99. The minimum absolute atomic E-state index is 0.183. The molecule has 2 heterocycles. The average Bonchev–Trinajstić information content (AvgIpc) is 3.01. The molecule has 1 aromatic heterocycles. The Morgan fingerprint density at radius 1 is 1.11 bits per heavy atom. The zero-order valence-electron chi connectivity index (χ0n) is 15.6. The van der Waals surface area contributed by atoms with Gasteiger partial charge in [0.2, 0.25) is 5.91 Å². The molecule has 0 atom stereocenters. The van der Waals surface area contributed by atoms with Crippen molar-refractivity contribution in [1.82, 2.24) is 14.5 Å².